The number of carbonyl (C=O) groups is 2. The molecule has 0 radical (unpaired) electrons. The van der Waals surface area contributed by atoms with Gasteiger partial charge in [-0.25, -0.2) is 4.79 Å². The molecule has 0 fully saturated rings. The highest BCUT2D eigenvalue weighted by molar-refractivity contribution is 5.84. The van der Waals surface area contributed by atoms with E-state index in [1.165, 1.54) is 0 Å². The molecule has 3 rings (SSSR count). The van der Waals surface area contributed by atoms with E-state index in [4.69, 9.17) is 14.3 Å². The van der Waals surface area contributed by atoms with E-state index in [2.05, 4.69) is 5.32 Å². The second-order valence-electron chi connectivity index (χ2n) is 5.32. The van der Waals surface area contributed by atoms with Crippen molar-refractivity contribution in [2.45, 2.75) is 19.3 Å². The van der Waals surface area contributed by atoms with E-state index in [-0.39, 0.29) is 12.2 Å². The predicted molar refractivity (Wildman–Crippen MR) is 80.6 cm³/mol. The topological polar surface area (TPSA) is 106 Å². The first-order valence-electron chi connectivity index (χ1n) is 7.24. The smallest absolute Gasteiger partial charge is 0.339 e. The molecule has 1 aromatic heterocycles. The maximum absolute atomic E-state index is 11.9. The van der Waals surface area contributed by atoms with Crippen LogP contribution in [-0.2, 0) is 22.4 Å². The Kier molecular flexibility index (Phi) is 4.01. The zero-order valence-electron chi connectivity index (χ0n) is 12.3. The predicted octanol–water partition coefficient (Wildman–Crippen LogP) is 0.861. The lowest BCUT2D eigenvalue weighted by molar-refractivity contribution is -0.138. The van der Waals surface area contributed by atoms with Crippen molar-refractivity contribution < 1.29 is 23.8 Å². The third-order valence-corrected chi connectivity index (χ3v) is 3.75. The number of fused-ring (bicyclic) bond motifs is 3. The molecule has 2 N–H and O–H groups in total. The Hall–Kier alpha value is -2.83. The van der Waals surface area contributed by atoms with Gasteiger partial charge >= 0.3 is 11.6 Å². The Balaban J connectivity index is 1.76. The number of aryl methyl sites for hydroxylation is 1. The molecule has 0 aliphatic heterocycles. The summed E-state index contributed by atoms with van der Waals surface area (Å²) in [6.07, 6.45) is 2.55. The van der Waals surface area contributed by atoms with Crippen molar-refractivity contribution in [1.82, 2.24) is 5.32 Å². The van der Waals surface area contributed by atoms with Crippen LogP contribution in [0.15, 0.2) is 27.4 Å². The minimum atomic E-state index is -1.13. The highest BCUT2D eigenvalue weighted by atomic mass is 16.5. The molecule has 0 spiro atoms. The number of carbonyl (C=O) groups excluding carboxylic acids is 1. The minimum Gasteiger partial charge on any atom is -0.484 e. The van der Waals surface area contributed by atoms with Crippen molar-refractivity contribution in [2.24, 2.45) is 0 Å². The molecule has 23 heavy (non-hydrogen) atoms. The molecule has 1 heterocycles. The van der Waals surface area contributed by atoms with Gasteiger partial charge in [-0.2, -0.15) is 0 Å². The molecule has 120 valence electrons. The third-order valence-electron chi connectivity index (χ3n) is 3.75. The van der Waals surface area contributed by atoms with Gasteiger partial charge in [0.1, 0.15) is 17.9 Å². The Labute approximate surface area is 130 Å². The number of benzene rings is 1. The summed E-state index contributed by atoms with van der Waals surface area (Å²) in [5.74, 6) is -1.29. The molecule has 0 unspecified atom stereocenters. The number of aliphatic carboxylic acids is 1. The van der Waals surface area contributed by atoms with Gasteiger partial charge in [0.15, 0.2) is 6.61 Å². The zero-order valence-corrected chi connectivity index (χ0v) is 12.3. The van der Waals surface area contributed by atoms with E-state index in [1.54, 1.807) is 12.1 Å². The standard InChI is InChI=1S/C16H15NO6/c18-14(17-7-15(19)20)8-22-9-4-5-11-10-2-1-3-12(10)16(21)23-13(11)6-9/h4-6H,1-3,7-8H2,(H,17,18)(H,19,20). The van der Waals surface area contributed by atoms with E-state index < -0.39 is 18.4 Å². The molecule has 0 saturated carbocycles. The normalized spacial score (nSPS) is 12.9. The van der Waals surface area contributed by atoms with Gasteiger partial charge in [-0.3, -0.25) is 9.59 Å². The van der Waals surface area contributed by atoms with E-state index >= 15 is 0 Å². The molecule has 2 aromatic rings. The average molecular weight is 317 g/mol. The summed E-state index contributed by atoms with van der Waals surface area (Å²) in [7, 11) is 0. The summed E-state index contributed by atoms with van der Waals surface area (Å²) in [5.41, 5.74) is 1.89. The first-order valence-corrected chi connectivity index (χ1v) is 7.24. The minimum absolute atomic E-state index is 0.312. The first kappa shape index (κ1) is 15.1. The lowest BCUT2D eigenvalue weighted by Gasteiger charge is -2.08. The molecule has 7 heteroatoms. The number of carboxylic acids is 1. The summed E-state index contributed by atoms with van der Waals surface area (Å²) >= 11 is 0. The van der Waals surface area contributed by atoms with Crippen molar-refractivity contribution in [3.8, 4) is 5.75 Å². The van der Waals surface area contributed by atoms with Crippen LogP contribution in [0.25, 0.3) is 11.0 Å². The lowest BCUT2D eigenvalue weighted by atomic mass is 10.1. The molecule has 0 bridgehead atoms. The van der Waals surface area contributed by atoms with E-state index in [1.807, 2.05) is 6.07 Å². The Bertz CT molecular complexity index is 838. The number of nitrogens with one attached hydrogen (secondary N) is 1. The Morgan fingerprint density at radius 2 is 2.04 bits per heavy atom. The van der Waals surface area contributed by atoms with Crippen LogP contribution in [0.2, 0.25) is 0 Å². The molecular formula is C16H15NO6. The second kappa shape index (κ2) is 6.12. The van der Waals surface area contributed by atoms with Crippen LogP contribution in [0.3, 0.4) is 0 Å². The number of hydrogen-bond donors (Lipinski definition) is 2. The van der Waals surface area contributed by atoms with Gasteiger partial charge in [0.05, 0.1) is 0 Å². The number of hydrogen-bond acceptors (Lipinski definition) is 5. The molecular weight excluding hydrogens is 302 g/mol. The summed E-state index contributed by atoms with van der Waals surface area (Å²) in [6.45, 7) is -0.769. The zero-order chi connectivity index (χ0) is 16.4. The molecule has 7 nitrogen and oxygen atoms in total. The van der Waals surface area contributed by atoms with E-state index in [0.717, 1.165) is 35.8 Å². The van der Waals surface area contributed by atoms with Crippen LogP contribution >= 0.6 is 0 Å². The van der Waals surface area contributed by atoms with Crippen LogP contribution < -0.4 is 15.7 Å². The highest BCUT2D eigenvalue weighted by Crippen LogP contribution is 2.29. The Morgan fingerprint density at radius 3 is 2.83 bits per heavy atom. The van der Waals surface area contributed by atoms with Crippen molar-refractivity contribution in [1.29, 1.82) is 0 Å². The van der Waals surface area contributed by atoms with Gasteiger partial charge in [-0.05, 0) is 37.0 Å². The number of rotatable bonds is 5. The molecule has 1 aromatic carbocycles. The molecule has 1 aliphatic carbocycles. The third kappa shape index (κ3) is 3.18. The fourth-order valence-corrected chi connectivity index (χ4v) is 2.73. The van der Waals surface area contributed by atoms with Crippen LogP contribution in [0, 0.1) is 0 Å². The van der Waals surface area contributed by atoms with E-state index in [9.17, 15) is 14.4 Å². The van der Waals surface area contributed by atoms with Crippen LogP contribution in [0.1, 0.15) is 17.5 Å². The molecule has 0 saturated heterocycles. The monoisotopic (exact) mass is 317 g/mol. The highest BCUT2D eigenvalue weighted by Gasteiger charge is 2.19. The average Bonchev–Trinajstić information content (AvgIpc) is 3.01. The van der Waals surface area contributed by atoms with Gasteiger partial charge in [0.2, 0.25) is 0 Å². The van der Waals surface area contributed by atoms with Crippen LogP contribution in [0.4, 0.5) is 0 Å². The Morgan fingerprint density at radius 1 is 1.26 bits per heavy atom. The number of ether oxygens (including phenoxy) is 1. The van der Waals surface area contributed by atoms with Crippen molar-refractivity contribution in [3.05, 3.63) is 39.7 Å². The maximum Gasteiger partial charge on any atom is 0.339 e. The summed E-state index contributed by atoms with van der Waals surface area (Å²) in [6, 6.07) is 5.08. The molecule has 1 amide bonds. The quantitative estimate of drug-likeness (QED) is 0.792. The van der Waals surface area contributed by atoms with Crippen LogP contribution in [0.5, 0.6) is 5.75 Å². The van der Waals surface area contributed by atoms with Crippen LogP contribution in [-0.4, -0.2) is 30.1 Å². The van der Waals surface area contributed by atoms with Gasteiger partial charge in [0.25, 0.3) is 5.91 Å². The summed E-state index contributed by atoms with van der Waals surface area (Å²) in [5, 5.41) is 11.6. The van der Waals surface area contributed by atoms with Gasteiger partial charge in [-0.15, -0.1) is 0 Å². The maximum atomic E-state index is 11.9. The van der Waals surface area contributed by atoms with Gasteiger partial charge < -0.3 is 19.6 Å². The largest absolute Gasteiger partial charge is 0.484 e. The molecule has 1 aliphatic rings. The van der Waals surface area contributed by atoms with E-state index in [0.29, 0.717) is 11.3 Å². The SMILES string of the molecule is O=C(O)CNC(=O)COc1ccc2c3c(c(=O)oc2c1)CCC3. The summed E-state index contributed by atoms with van der Waals surface area (Å²) < 4.78 is 10.6. The van der Waals surface area contributed by atoms with Crippen molar-refractivity contribution >= 4 is 22.8 Å². The number of amides is 1. The van der Waals surface area contributed by atoms with Gasteiger partial charge in [-0.1, -0.05) is 0 Å². The molecule has 0 atom stereocenters. The van der Waals surface area contributed by atoms with Crippen molar-refractivity contribution in [3.63, 3.8) is 0 Å². The van der Waals surface area contributed by atoms with Crippen molar-refractivity contribution in [2.75, 3.05) is 13.2 Å². The lowest BCUT2D eigenvalue weighted by Crippen LogP contribution is -2.33. The first-order chi connectivity index (χ1) is 11.0. The second-order valence-corrected chi connectivity index (χ2v) is 5.32. The van der Waals surface area contributed by atoms with Gasteiger partial charge in [0, 0.05) is 17.0 Å². The number of carboxylic acid groups (broad SMARTS) is 1. The fraction of sp³-hybridized carbons (Fsp3) is 0.312. The summed E-state index contributed by atoms with van der Waals surface area (Å²) in [4.78, 5) is 33.7. The fourth-order valence-electron chi connectivity index (χ4n) is 2.73.